The molecule has 1 aromatic carbocycles. The van der Waals surface area contributed by atoms with Crippen LogP contribution in [0.15, 0.2) is 80.6 Å². The van der Waals surface area contributed by atoms with Crippen LogP contribution in [-0.2, 0) is 0 Å². The van der Waals surface area contributed by atoms with Crippen LogP contribution in [0.25, 0.3) is 6.08 Å². The Morgan fingerprint density at radius 1 is 1.14 bits per heavy atom. The molecule has 5 rings (SSSR count). The van der Waals surface area contributed by atoms with Crippen molar-refractivity contribution in [3.63, 3.8) is 0 Å². The van der Waals surface area contributed by atoms with Crippen LogP contribution in [0.3, 0.4) is 0 Å². The Hall–Kier alpha value is -3.05. The number of carbonyl (C=O) groups is 1. The summed E-state index contributed by atoms with van der Waals surface area (Å²) in [7, 11) is 0. The number of allylic oxidation sites excluding steroid dienone is 1. The third-order valence-corrected chi connectivity index (χ3v) is 5.71. The van der Waals surface area contributed by atoms with Crippen molar-refractivity contribution in [3.8, 4) is 0 Å². The number of benzene rings is 1. The number of rotatable bonds is 3. The van der Waals surface area contributed by atoms with E-state index in [4.69, 9.17) is 25.5 Å². The van der Waals surface area contributed by atoms with Gasteiger partial charge in [-0.1, -0.05) is 17.7 Å². The summed E-state index contributed by atoms with van der Waals surface area (Å²) in [6.07, 6.45) is 8.19. The summed E-state index contributed by atoms with van der Waals surface area (Å²) < 4.78 is 11.2. The molecule has 0 N–H and O–H groups in total. The molecule has 1 amide bonds. The number of hydrogen-bond donors (Lipinski definition) is 0. The van der Waals surface area contributed by atoms with Gasteiger partial charge in [-0.2, -0.15) is 5.10 Å². The highest BCUT2D eigenvalue weighted by molar-refractivity contribution is 6.31. The van der Waals surface area contributed by atoms with Gasteiger partial charge in [0.1, 0.15) is 17.6 Å². The zero-order valence-electron chi connectivity index (χ0n) is 15.6. The molecule has 3 heterocycles. The Labute approximate surface area is 173 Å². The molecule has 146 valence electrons. The standard InChI is InChI=1S/C23H19ClN2O3/c24-17-7-1-6-16(13-17)23(27)26-22(20-10-4-12-29-20)19-9-2-5-15(21(19)25-26)14-18-8-3-11-28-18/h1,3-4,6-8,10-14,19,22H,2,5,9H2/b15-14+/t19-,22-/m1/s1. The number of fused-ring (bicyclic) bond motifs is 1. The Balaban J connectivity index is 1.57. The molecule has 1 saturated carbocycles. The number of amides is 1. The lowest BCUT2D eigenvalue weighted by Gasteiger charge is -2.27. The first-order valence-electron chi connectivity index (χ1n) is 9.66. The van der Waals surface area contributed by atoms with Crippen molar-refractivity contribution in [2.24, 2.45) is 11.0 Å². The van der Waals surface area contributed by atoms with E-state index in [0.717, 1.165) is 42.1 Å². The zero-order chi connectivity index (χ0) is 19.8. The molecule has 0 spiro atoms. The molecule has 0 radical (unpaired) electrons. The summed E-state index contributed by atoms with van der Waals surface area (Å²) >= 11 is 6.11. The van der Waals surface area contributed by atoms with E-state index in [0.29, 0.717) is 10.6 Å². The first-order valence-corrected chi connectivity index (χ1v) is 10.0. The molecule has 1 fully saturated rings. The molecule has 2 aromatic heterocycles. The van der Waals surface area contributed by atoms with Crippen LogP contribution in [0.5, 0.6) is 0 Å². The summed E-state index contributed by atoms with van der Waals surface area (Å²) in [4.78, 5) is 13.4. The number of hydrazone groups is 1. The van der Waals surface area contributed by atoms with Crippen LogP contribution in [-0.4, -0.2) is 16.6 Å². The van der Waals surface area contributed by atoms with E-state index < -0.39 is 0 Å². The fourth-order valence-electron chi connectivity index (χ4n) is 4.20. The highest BCUT2D eigenvalue weighted by Crippen LogP contribution is 2.45. The Bertz CT molecular complexity index is 1080. The van der Waals surface area contributed by atoms with Crippen molar-refractivity contribution in [1.29, 1.82) is 0 Å². The van der Waals surface area contributed by atoms with Gasteiger partial charge in [-0.05, 0) is 73.4 Å². The van der Waals surface area contributed by atoms with Crippen molar-refractivity contribution in [1.82, 2.24) is 5.01 Å². The van der Waals surface area contributed by atoms with E-state index in [1.807, 2.05) is 30.3 Å². The minimum absolute atomic E-state index is 0.0826. The van der Waals surface area contributed by atoms with Crippen molar-refractivity contribution in [3.05, 3.63) is 88.7 Å². The summed E-state index contributed by atoms with van der Waals surface area (Å²) in [6.45, 7) is 0. The van der Waals surface area contributed by atoms with Crippen molar-refractivity contribution >= 4 is 29.3 Å². The van der Waals surface area contributed by atoms with Gasteiger partial charge in [-0.3, -0.25) is 4.79 Å². The maximum absolute atomic E-state index is 13.4. The van der Waals surface area contributed by atoms with Crippen LogP contribution in [0.1, 0.15) is 47.2 Å². The van der Waals surface area contributed by atoms with Gasteiger partial charge in [0.2, 0.25) is 0 Å². The van der Waals surface area contributed by atoms with Crippen molar-refractivity contribution < 1.29 is 13.6 Å². The summed E-state index contributed by atoms with van der Waals surface area (Å²) in [5.74, 6) is 1.42. The molecular weight excluding hydrogens is 388 g/mol. The molecule has 0 bridgehead atoms. The lowest BCUT2D eigenvalue weighted by Crippen LogP contribution is -2.31. The molecule has 29 heavy (non-hydrogen) atoms. The third-order valence-electron chi connectivity index (χ3n) is 5.48. The quantitative estimate of drug-likeness (QED) is 0.539. The molecule has 5 nitrogen and oxygen atoms in total. The van der Waals surface area contributed by atoms with Crippen LogP contribution in [0.2, 0.25) is 5.02 Å². The Morgan fingerprint density at radius 3 is 2.76 bits per heavy atom. The molecule has 1 aliphatic carbocycles. The molecular formula is C23H19ClN2O3. The zero-order valence-corrected chi connectivity index (χ0v) is 16.4. The van der Waals surface area contributed by atoms with E-state index in [9.17, 15) is 4.79 Å². The predicted molar refractivity (Wildman–Crippen MR) is 111 cm³/mol. The second-order valence-corrected chi connectivity index (χ2v) is 7.73. The largest absolute Gasteiger partial charge is 0.467 e. The van der Waals surface area contributed by atoms with E-state index in [-0.39, 0.29) is 17.9 Å². The number of furan rings is 2. The number of carbonyl (C=O) groups excluding carboxylic acids is 1. The van der Waals surface area contributed by atoms with Gasteiger partial charge in [-0.25, -0.2) is 5.01 Å². The third kappa shape index (κ3) is 3.32. The molecule has 6 heteroatoms. The molecule has 0 unspecified atom stereocenters. The first kappa shape index (κ1) is 18.0. The maximum atomic E-state index is 13.4. The van der Waals surface area contributed by atoms with Gasteiger partial charge >= 0.3 is 0 Å². The minimum atomic E-state index is -0.271. The van der Waals surface area contributed by atoms with Crippen molar-refractivity contribution in [2.45, 2.75) is 25.3 Å². The van der Waals surface area contributed by atoms with E-state index >= 15 is 0 Å². The Morgan fingerprint density at radius 2 is 2.00 bits per heavy atom. The van der Waals surface area contributed by atoms with Crippen LogP contribution < -0.4 is 0 Å². The molecule has 2 aliphatic rings. The highest BCUT2D eigenvalue weighted by Gasteiger charge is 2.45. The van der Waals surface area contributed by atoms with Crippen LogP contribution >= 0.6 is 11.6 Å². The van der Waals surface area contributed by atoms with Gasteiger partial charge in [0.05, 0.1) is 18.2 Å². The van der Waals surface area contributed by atoms with Crippen molar-refractivity contribution in [2.75, 3.05) is 0 Å². The lowest BCUT2D eigenvalue weighted by atomic mass is 9.79. The van der Waals surface area contributed by atoms with Gasteiger partial charge < -0.3 is 8.83 Å². The highest BCUT2D eigenvalue weighted by atomic mass is 35.5. The number of halogens is 1. The van der Waals surface area contributed by atoms with Crippen LogP contribution in [0.4, 0.5) is 0 Å². The van der Waals surface area contributed by atoms with E-state index in [1.165, 1.54) is 0 Å². The monoisotopic (exact) mass is 406 g/mol. The van der Waals surface area contributed by atoms with Gasteiger partial charge in [0.25, 0.3) is 5.91 Å². The predicted octanol–water partition coefficient (Wildman–Crippen LogP) is 5.96. The lowest BCUT2D eigenvalue weighted by molar-refractivity contribution is 0.0656. The summed E-state index contributed by atoms with van der Waals surface area (Å²) in [6, 6.07) is 14.2. The molecule has 0 saturated heterocycles. The molecule has 2 atom stereocenters. The summed E-state index contributed by atoms with van der Waals surface area (Å²) in [5.41, 5.74) is 2.55. The second kappa shape index (κ2) is 7.41. The molecule has 1 aliphatic heterocycles. The fraction of sp³-hybridized carbons (Fsp3) is 0.217. The SMILES string of the molecule is O=C(c1cccc(Cl)c1)N1N=C2/C(=C/c3ccco3)CCC[C@H]2[C@@H]1c1ccco1. The van der Waals surface area contributed by atoms with Gasteiger partial charge in [0.15, 0.2) is 0 Å². The van der Waals surface area contributed by atoms with E-state index in [1.54, 1.807) is 41.8 Å². The number of hydrogen-bond acceptors (Lipinski definition) is 4. The second-order valence-electron chi connectivity index (χ2n) is 7.29. The topological polar surface area (TPSA) is 59.0 Å². The average molecular weight is 407 g/mol. The Kier molecular flexibility index (Phi) is 4.60. The van der Waals surface area contributed by atoms with Gasteiger partial charge in [-0.15, -0.1) is 0 Å². The first-order chi connectivity index (χ1) is 14.2. The van der Waals surface area contributed by atoms with Crippen LogP contribution in [0, 0.1) is 5.92 Å². The maximum Gasteiger partial charge on any atom is 0.274 e. The number of nitrogens with zero attached hydrogens (tertiary/aromatic N) is 2. The smallest absolute Gasteiger partial charge is 0.274 e. The average Bonchev–Trinajstić information content (AvgIpc) is 3.48. The van der Waals surface area contributed by atoms with Gasteiger partial charge in [0, 0.05) is 16.5 Å². The minimum Gasteiger partial charge on any atom is -0.467 e. The summed E-state index contributed by atoms with van der Waals surface area (Å²) in [5, 5.41) is 6.89. The van der Waals surface area contributed by atoms with E-state index in [2.05, 4.69) is 0 Å². The normalized spacial score (nSPS) is 22.6. The molecule has 3 aromatic rings. The fourth-order valence-corrected chi connectivity index (χ4v) is 4.40.